The second kappa shape index (κ2) is 23.1. The lowest BCUT2D eigenvalue weighted by Gasteiger charge is -2.48. The molecule has 0 saturated carbocycles. The smallest absolute Gasteiger partial charge is 0.252 e. The zero-order chi connectivity index (χ0) is 66.1. The second-order valence-electron chi connectivity index (χ2n) is 30.8. The van der Waals surface area contributed by atoms with Crippen LogP contribution in [0, 0.1) is 28.6 Å². The van der Waals surface area contributed by atoms with Crippen molar-refractivity contribution in [2.45, 2.75) is 74.1 Å². The molecule has 4 aliphatic carbocycles. The van der Waals surface area contributed by atoms with Gasteiger partial charge in [0.1, 0.15) is 0 Å². The number of rotatable bonds is 9. The highest BCUT2D eigenvalue weighted by atomic mass is 15.2. The molecular formula is C94H81BN2. The average Bonchev–Trinajstić information content (AvgIpc) is 0.682. The zero-order valence-electron chi connectivity index (χ0n) is 57.2. The minimum atomic E-state index is -0.184. The molecule has 2 heterocycles. The monoisotopic (exact) mass is 1250 g/mol. The van der Waals surface area contributed by atoms with Gasteiger partial charge in [-0.3, -0.25) is 0 Å². The third-order valence-electron chi connectivity index (χ3n) is 21.7. The van der Waals surface area contributed by atoms with E-state index in [-0.39, 0.29) is 23.0 Å². The summed E-state index contributed by atoms with van der Waals surface area (Å²) in [5.41, 5.74) is 35.8. The minimum Gasteiger partial charge on any atom is -0.310 e. The van der Waals surface area contributed by atoms with Crippen molar-refractivity contribution < 1.29 is 0 Å². The first kappa shape index (κ1) is 60.2. The van der Waals surface area contributed by atoms with Gasteiger partial charge in [0.15, 0.2) is 0 Å². The number of anilines is 6. The molecule has 2 aliphatic heterocycles. The summed E-state index contributed by atoms with van der Waals surface area (Å²) >= 11 is 0. The molecule has 2 nitrogen and oxygen atoms in total. The van der Waals surface area contributed by atoms with Crippen molar-refractivity contribution in [3.05, 3.63) is 336 Å². The average molecular weight is 1250 g/mol. The normalized spacial score (nSPS) is 17.5. The molecule has 97 heavy (non-hydrogen) atoms. The molecule has 3 heteroatoms. The maximum Gasteiger partial charge on any atom is 0.252 e. The van der Waals surface area contributed by atoms with Crippen LogP contribution in [0.5, 0.6) is 0 Å². The lowest BCUT2D eigenvalue weighted by Crippen LogP contribution is -2.61. The Bertz CT molecular complexity index is 5040. The molecule has 0 saturated heterocycles. The summed E-state index contributed by atoms with van der Waals surface area (Å²) in [6.07, 6.45) is 16.5. The third kappa shape index (κ3) is 10.3. The predicted molar refractivity (Wildman–Crippen MR) is 414 cm³/mol. The van der Waals surface area contributed by atoms with Crippen LogP contribution in [0.15, 0.2) is 325 Å². The first-order chi connectivity index (χ1) is 47.0. The predicted octanol–water partition coefficient (Wildman–Crippen LogP) is 23.5. The number of nitrogens with zero attached hydrogens (tertiary/aromatic N) is 2. The summed E-state index contributed by atoms with van der Waals surface area (Å²) < 4.78 is 0. The number of allylic oxidation sites excluding steroid dienone is 12. The Hall–Kier alpha value is -10.5. The lowest BCUT2D eigenvalue weighted by atomic mass is 9.33. The lowest BCUT2D eigenvalue weighted by molar-refractivity contribution is 0.329. The Morgan fingerprint density at radius 3 is 1.25 bits per heavy atom. The molecule has 0 amide bonds. The van der Waals surface area contributed by atoms with Gasteiger partial charge in [-0.05, 0) is 153 Å². The topological polar surface area (TPSA) is 6.48 Å². The molecule has 0 spiro atoms. The molecule has 6 aliphatic rings. The van der Waals surface area contributed by atoms with Crippen molar-refractivity contribution in [3.8, 4) is 66.8 Å². The maximum absolute atomic E-state index is 2.74. The molecule has 11 aromatic carbocycles. The van der Waals surface area contributed by atoms with E-state index in [1.54, 1.807) is 0 Å². The Labute approximate surface area is 574 Å². The fourth-order valence-corrected chi connectivity index (χ4v) is 16.7. The fourth-order valence-electron chi connectivity index (χ4n) is 16.7. The number of hydrogen-bond donors (Lipinski definition) is 0. The number of fused-ring (bicyclic) bond motifs is 4. The van der Waals surface area contributed by atoms with Gasteiger partial charge in [-0.1, -0.05) is 341 Å². The summed E-state index contributed by atoms with van der Waals surface area (Å²) in [4.78, 5) is 5.43. The number of para-hydroxylation sites is 2. The van der Waals surface area contributed by atoms with E-state index in [2.05, 4.69) is 369 Å². The molecule has 0 bridgehead atoms. The van der Waals surface area contributed by atoms with E-state index >= 15 is 0 Å². The molecule has 3 atom stereocenters. The van der Waals surface area contributed by atoms with Crippen molar-refractivity contribution in [3.63, 3.8) is 0 Å². The Morgan fingerprint density at radius 2 is 0.784 bits per heavy atom. The summed E-state index contributed by atoms with van der Waals surface area (Å²) in [5.74, 6) is 1.00. The molecule has 0 aromatic heterocycles. The van der Waals surface area contributed by atoms with Gasteiger partial charge in [0.25, 0.3) is 6.71 Å². The second-order valence-corrected chi connectivity index (χ2v) is 30.8. The molecule has 470 valence electrons. The first-order valence-electron chi connectivity index (χ1n) is 35.0. The van der Waals surface area contributed by atoms with Gasteiger partial charge in [-0.2, -0.15) is 0 Å². The van der Waals surface area contributed by atoms with Gasteiger partial charge >= 0.3 is 0 Å². The van der Waals surface area contributed by atoms with Crippen LogP contribution in [-0.4, -0.2) is 6.71 Å². The van der Waals surface area contributed by atoms with Crippen LogP contribution in [-0.2, 0) is 5.41 Å². The van der Waals surface area contributed by atoms with Crippen LogP contribution < -0.4 is 26.2 Å². The quantitative estimate of drug-likeness (QED) is 0.133. The molecule has 11 aromatic rings. The van der Waals surface area contributed by atoms with Crippen molar-refractivity contribution in [2.75, 3.05) is 9.80 Å². The van der Waals surface area contributed by atoms with E-state index in [9.17, 15) is 0 Å². The third-order valence-corrected chi connectivity index (χ3v) is 21.7. The maximum atomic E-state index is 2.74. The van der Waals surface area contributed by atoms with Crippen molar-refractivity contribution in [1.82, 2.24) is 0 Å². The van der Waals surface area contributed by atoms with Crippen LogP contribution in [0.4, 0.5) is 34.1 Å². The summed E-state index contributed by atoms with van der Waals surface area (Å²) in [6.45, 7) is 21.1. The van der Waals surface area contributed by atoms with Gasteiger partial charge in [-0.25, -0.2) is 0 Å². The number of hydrogen-bond acceptors (Lipinski definition) is 2. The van der Waals surface area contributed by atoms with E-state index in [0.29, 0.717) is 17.8 Å². The van der Waals surface area contributed by atoms with Crippen LogP contribution in [0.2, 0.25) is 0 Å². The Balaban J connectivity index is 1.03. The Kier molecular flexibility index (Phi) is 14.4. The van der Waals surface area contributed by atoms with Crippen LogP contribution in [0.3, 0.4) is 0 Å². The highest BCUT2D eigenvalue weighted by Crippen LogP contribution is 2.59. The molecule has 0 radical (unpaired) electrons. The fraction of sp³-hybridized carbons (Fsp3) is 0.170. The zero-order valence-corrected chi connectivity index (χ0v) is 57.2. The van der Waals surface area contributed by atoms with Gasteiger partial charge in [-0.15, -0.1) is 0 Å². The number of benzene rings is 11. The SMILES string of the molecule is CC(C)(C)C1=CC2=CC(c3ccc4c(c3)N(c3c(-c5ccccc5)cccc3-c3ccccc3)c3cc(-c5ccc(C(C)(C)C)cc5)cc5c3B4c3ccc(-c4ccccc4)cc3N5c3c(-c4ccccc4)cccc3-c3ccccc3)=C3C=C(C(C)(C)C)CC4C=CC(=C1)C2C34. The molecule has 0 fully saturated rings. The highest BCUT2D eigenvalue weighted by Gasteiger charge is 2.48. The van der Waals surface area contributed by atoms with Gasteiger partial charge in [0, 0.05) is 56.8 Å². The highest BCUT2D eigenvalue weighted by molar-refractivity contribution is 7.00. The van der Waals surface area contributed by atoms with Gasteiger partial charge in [0.05, 0.1) is 11.4 Å². The Morgan fingerprint density at radius 1 is 0.351 bits per heavy atom. The molecule has 17 rings (SSSR count). The van der Waals surface area contributed by atoms with E-state index in [1.165, 1.54) is 94.5 Å². The van der Waals surface area contributed by atoms with Crippen molar-refractivity contribution >= 4 is 62.8 Å². The molecule has 3 unspecified atom stereocenters. The van der Waals surface area contributed by atoms with Crippen molar-refractivity contribution in [2.24, 2.45) is 28.6 Å². The largest absolute Gasteiger partial charge is 0.310 e. The minimum absolute atomic E-state index is 0.00281. The van der Waals surface area contributed by atoms with Crippen LogP contribution in [0.1, 0.15) is 79.9 Å². The van der Waals surface area contributed by atoms with E-state index in [4.69, 9.17) is 0 Å². The van der Waals surface area contributed by atoms with Crippen molar-refractivity contribution in [1.29, 1.82) is 0 Å². The molecule has 0 N–H and O–H groups in total. The van der Waals surface area contributed by atoms with E-state index in [0.717, 1.165) is 73.8 Å². The first-order valence-corrected chi connectivity index (χ1v) is 35.0. The van der Waals surface area contributed by atoms with E-state index in [1.807, 2.05) is 0 Å². The summed E-state index contributed by atoms with van der Waals surface area (Å²) in [6, 6.07) is 99.0. The standard InChI is InChI=1S/C94H81BN2/c1-92(2,3)72-47-43-61(44-48-72)70-57-85-89-86(58-70)97(91-77(64-33-21-13-22-34-64)39-26-40-78(91)65-35-23-14-24-36-65)84-56-67(79-54-71-53-73(93(4,5)6)51-68-41-42-69-52-74(94(7,8)9)59-80(79)88(69)87(68)71)46-50-82(84)95(89)81-49-45-66(60-27-15-10-16-28-60)55-83(81)96(85)90-75(62-29-17-11-18-30-62)37-25-38-76(90)63-31-19-12-20-32-63/h10-51,53-59,69,87-88H,52H2,1-9H3. The van der Waals surface area contributed by atoms with Gasteiger partial charge < -0.3 is 9.80 Å². The van der Waals surface area contributed by atoms with Crippen LogP contribution >= 0.6 is 0 Å². The summed E-state index contributed by atoms with van der Waals surface area (Å²) in [5, 5.41) is 0. The van der Waals surface area contributed by atoms with Gasteiger partial charge in [0.2, 0.25) is 0 Å². The van der Waals surface area contributed by atoms with E-state index < -0.39 is 0 Å². The summed E-state index contributed by atoms with van der Waals surface area (Å²) in [7, 11) is 0. The van der Waals surface area contributed by atoms with Crippen LogP contribution in [0.25, 0.3) is 72.3 Å². The molecular weight excluding hydrogens is 1170 g/mol.